The summed E-state index contributed by atoms with van der Waals surface area (Å²) in [6.45, 7) is 5.39. The Balaban J connectivity index is 3.49. The van der Waals surface area contributed by atoms with Crippen LogP contribution in [0.4, 0.5) is 0 Å². The van der Waals surface area contributed by atoms with Crippen LogP contribution in [0.15, 0.2) is 4.99 Å². The molecular weight excluding hydrogens is 903 g/mol. The molecule has 8 atom stereocenters. The van der Waals surface area contributed by atoms with Crippen molar-refractivity contribution < 1.29 is 43.5 Å². The van der Waals surface area contributed by atoms with Crippen molar-refractivity contribution in [2.75, 3.05) is 45.0 Å². The minimum atomic E-state index is -1.32. The van der Waals surface area contributed by atoms with Crippen molar-refractivity contribution in [1.29, 1.82) is 0 Å². The Hall–Kier alpha value is -4.82. The summed E-state index contributed by atoms with van der Waals surface area (Å²) in [7, 11) is 0. The predicted molar refractivity (Wildman–Crippen MR) is 262 cm³/mol. The summed E-state index contributed by atoms with van der Waals surface area (Å²) in [6.07, 6.45) is 6.20. The minimum absolute atomic E-state index is 0.0162. The first kappa shape index (κ1) is 61.2. The van der Waals surface area contributed by atoms with E-state index in [0.717, 1.165) is 6.42 Å². The maximum Gasteiger partial charge on any atom is 0.327 e. The molecule has 0 bridgehead atoms. The fraction of sp³-hybridized carbons (Fsp3) is 0.791. The number of guanidine groups is 1. The first-order valence-corrected chi connectivity index (χ1v) is 24.6. The van der Waals surface area contributed by atoms with Crippen LogP contribution in [-0.2, 0) is 38.4 Å². The molecule has 0 saturated carbocycles. The standard InChI is InChI=1S/C43H83N15O9S/c1-26(2)34(41(65)57-33(25-68)42(66)67)58-40(64)31(16-6-10-22-47)55-39(63)32(18-12-24-51-43(48)49)56-38(62)30(15-5-9-21-46)54-37(61)29(14-4-8-20-45)53-36(60)28(13-3-7-19-44)52-35(59)27-17-11-23-50-27/h26-34,50,68H,3-25,44-47H2,1-2H3,(H,52,59)(H,53,60)(H,54,61)(H,55,63)(H,56,62)(H,57,65)(H,58,64)(H,66,67)(H4,48,49,51). The van der Waals surface area contributed by atoms with Crippen molar-refractivity contribution in [2.45, 2.75) is 165 Å². The van der Waals surface area contributed by atoms with Gasteiger partial charge in [-0.3, -0.25) is 38.6 Å². The van der Waals surface area contributed by atoms with E-state index in [1.807, 2.05) is 0 Å². The van der Waals surface area contributed by atoms with Gasteiger partial charge in [-0.1, -0.05) is 13.8 Å². The number of amides is 7. The van der Waals surface area contributed by atoms with Gasteiger partial charge in [0.15, 0.2) is 5.96 Å². The lowest BCUT2D eigenvalue weighted by Gasteiger charge is -2.28. The highest BCUT2D eigenvalue weighted by molar-refractivity contribution is 7.80. The normalized spacial score (nSPS) is 16.4. The van der Waals surface area contributed by atoms with E-state index in [9.17, 15) is 43.5 Å². The summed E-state index contributed by atoms with van der Waals surface area (Å²) in [6, 6.07) is -8.78. The number of hydrogen-bond donors (Lipinski definition) is 16. The highest BCUT2D eigenvalue weighted by Gasteiger charge is 2.35. The van der Waals surface area contributed by atoms with Crippen molar-refractivity contribution in [3.05, 3.63) is 0 Å². The summed E-state index contributed by atoms with van der Waals surface area (Å²) in [5, 5.41) is 31.5. The number of thiol groups is 1. The van der Waals surface area contributed by atoms with Gasteiger partial charge in [0.25, 0.3) is 0 Å². The van der Waals surface area contributed by atoms with E-state index in [4.69, 9.17) is 34.4 Å². The number of nitrogens with one attached hydrogen (secondary N) is 8. The second-order valence-corrected chi connectivity index (χ2v) is 17.7. The van der Waals surface area contributed by atoms with E-state index < -0.39 is 95.7 Å². The van der Waals surface area contributed by atoms with Crippen LogP contribution in [0, 0.1) is 5.92 Å². The summed E-state index contributed by atoms with van der Waals surface area (Å²) in [5.41, 5.74) is 34.0. The van der Waals surface area contributed by atoms with Gasteiger partial charge in [-0.2, -0.15) is 12.6 Å². The number of carboxylic acids is 1. The maximum absolute atomic E-state index is 14.3. The molecule has 1 aliphatic rings. The second-order valence-electron chi connectivity index (χ2n) is 17.4. The van der Waals surface area contributed by atoms with Gasteiger partial charge in [0.1, 0.15) is 42.3 Å². The molecule has 25 heteroatoms. The largest absolute Gasteiger partial charge is 0.480 e. The Kier molecular flexibility index (Phi) is 31.8. The highest BCUT2D eigenvalue weighted by atomic mass is 32.1. The average Bonchev–Trinajstić information content (AvgIpc) is 3.85. The molecule has 0 aliphatic carbocycles. The molecule has 24 nitrogen and oxygen atoms in total. The topological polar surface area (TPSA) is 422 Å². The van der Waals surface area contributed by atoms with Crippen LogP contribution < -0.4 is 76.9 Å². The lowest BCUT2D eigenvalue weighted by molar-refractivity contribution is -0.142. The van der Waals surface area contributed by atoms with Crippen molar-refractivity contribution in [3.8, 4) is 0 Å². The van der Waals surface area contributed by atoms with Gasteiger partial charge < -0.3 is 82.0 Å². The molecule has 1 fully saturated rings. The van der Waals surface area contributed by atoms with E-state index in [0.29, 0.717) is 90.5 Å². The Bertz CT molecular complexity index is 1600. The third-order valence-corrected chi connectivity index (χ3v) is 11.7. The zero-order valence-corrected chi connectivity index (χ0v) is 40.9. The van der Waals surface area contributed by atoms with Crippen LogP contribution in [0.25, 0.3) is 0 Å². The smallest absolute Gasteiger partial charge is 0.327 e. The van der Waals surface area contributed by atoms with Crippen LogP contribution in [-0.4, -0.2) is 152 Å². The van der Waals surface area contributed by atoms with E-state index in [1.54, 1.807) is 13.8 Å². The first-order chi connectivity index (χ1) is 32.4. The predicted octanol–water partition coefficient (Wildman–Crippen LogP) is -3.63. The summed E-state index contributed by atoms with van der Waals surface area (Å²) < 4.78 is 0. The van der Waals surface area contributed by atoms with E-state index >= 15 is 0 Å². The van der Waals surface area contributed by atoms with Crippen LogP contribution >= 0.6 is 12.6 Å². The molecule has 7 amide bonds. The van der Waals surface area contributed by atoms with E-state index in [-0.39, 0.29) is 62.7 Å². The van der Waals surface area contributed by atoms with Gasteiger partial charge in [-0.25, -0.2) is 4.79 Å². The number of hydrogen-bond acceptors (Lipinski definition) is 15. The monoisotopic (exact) mass is 986 g/mol. The van der Waals surface area contributed by atoms with Crippen LogP contribution in [0.3, 0.4) is 0 Å². The minimum Gasteiger partial charge on any atom is -0.480 e. The van der Waals surface area contributed by atoms with E-state index in [2.05, 4.69) is 60.2 Å². The second kappa shape index (κ2) is 35.3. The van der Waals surface area contributed by atoms with Gasteiger partial charge in [0, 0.05) is 12.3 Å². The van der Waals surface area contributed by atoms with Crippen molar-refractivity contribution >= 4 is 65.9 Å². The Morgan fingerprint density at radius 2 is 0.926 bits per heavy atom. The number of carbonyl (C=O) groups is 8. The number of nitrogens with zero attached hydrogens (tertiary/aromatic N) is 1. The molecule has 1 aliphatic heterocycles. The van der Waals surface area contributed by atoms with Gasteiger partial charge in [0.2, 0.25) is 41.4 Å². The number of unbranched alkanes of at least 4 members (excludes halogenated alkanes) is 4. The van der Waals surface area contributed by atoms with Crippen LogP contribution in [0.2, 0.25) is 0 Å². The fourth-order valence-electron chi connectivity index (χ4n) is 7.32. The molecule has 21 N–H and O–H groups in total. The van der Waals surface area contributed by atoms with Crippen molar-refractivity contribution in [3.63, 3.8) is 0 Å². The number of aliphatic carboxylic acids is 1. The number of carbonyl (C=O) groups excluding carboxylic acids is 7. The van der Waals surface area contributed by atoms with Gasteiger partial charge in [0.05, 0.1) is 6.04 Å². The number of rotatable bonds is 37. The Labute approximate surface area is 406 Å². The lowest BCUT2D eigenvalue weighted by Crippen LogP contribution is -2.60. The SMILES string of the molecule is CC(C)C(NC(=O)C(CCCCN)NC(=O)C(CCCN=C(N)N)NC(=O)C(CCCCN)NC(=O)C(CCCCN)NC(=O)C(CCCCN)NC(=O)C1CCCN1)C(=O)NC(CS)C(=O)O. The summed E-state index contributed by atoms with van der Waals surface area (Å²) in [5.74, 6) is -6.78. The maximum atomic E-state index is 14.3. The zero-order chi connectivity index (χ0) is 51.0. The first-order valence-electron chi connectivity index (χ1n) is 24.0. The summed E-state index contributed by atoms with van der Waals surface area (Å²) >= 11 is 3.99. The molecule has 8 unspecified atom stereocenters. The lowest BCUT2D eigenvalue weighted by atomic mass is 10.0. The quantitative estimate of drug-likeness (QED) is 0.0124. The van der Waals surface area contributed by atoms with Crippen molar-refractivity contribution in [1.82, 2.24) is 42.5 Å². The highest BCUT2D eigenvalue weighted by Crippen LogP contribution is 2.12. The van der Waals surface area contributed by atoms with Gasteiger partial charge in [-0.15, -0.1) is 0 Å². The molecule has 0 aromatic heterocycles. The molecule has 0 aromatic rings. The number of carboxylic acid groups (broad SMARTS) is 1. The van der Waals surface area contributed by atoms with E-state index in [1.165, 1.54) is 0 Å². The molecule has 390 valence electrons. The third kappa shape index (κ3) is 24.5. The number of aliphatic imine (C=N–C) groups is 1. The molecule has 1 heterocycles. The van der Waals surface area contributed by atoms with Gasteiger partial charge >= 0.3 is 5.97 Å². The average molecular weight is 986 g/mol. The Morgan fingerprint density at radius 3 is 1.25 bits per heavy atom. The molecule has 1 rings (SSSR count). The van der Waals surface area contributed by atoms with Crippen LogP contribution in [0.1, 0.15) is 117 Å². The Morgan fingerprint density at radius 1 is 0.559 bits per heavy atom. The van der Waals surface area contributed by atoms with Crippen molar-refractivity contribution in [2.24, 2.45) is 45.3 Å². The molecule has 68 heavy (non-hydrogen) atoms. The third-order valence-electron chi connectivity index (χ3n) is 11.3. The molecule has 0 spiro atoms. The molecule has 1 saturated heterocycles. The molecule has 0 aromatic carbocycles. The fourth-order valence-corrected chi connectivity index (χ4v) is 7.57. The molecule has 0 radical (unpaired) electrons. The zero-order valence-electron chi connectivity index (χ0n) is 40.0. The molecular formula is C43H83N15O9S. The van der Waals surface area contributed by atoms with Gasteiger partial charge in [-0.05, 0) is 141 Å². The summed E-state index contributed by atoms with van der Waals surface area (Å²) in [4.78, 5) is 112. The number of nitrogens with two attached hydrogens (primary N) is 6. The van der Waals surface area contributed by atoms with Crippen LogP contribution in [0.5, 0.6) is 0 Å².